The molecule has 2 aromatic rings. The van der Waals surface area contributed by atoms with Crippen LogP contribution in [0.15, 0.2) is 48.5 Å². The Hall–Kier alpha value is -2.03. The van der Waals surface area contributed by atoms with Crippen LogP contribution >= 0.6 is 0 Å². The second-order valence-electron chi connectivity index (χ2n) is 7.35. The van der Waals surface area contributed by atoms with E-state index in [2.05, 4.69) is 4.90 Å². The van der Waals surface area contributed by atoms with Gasteiger partial charge in [-0.3, -0.25) is 4.79 Å². The Morgan fingerprint density at radius 2 is 1.71 bits per heavy atom. The molecule has 120 valence electrons. The maximum atomic E-state index is 12.9. The summed E-state index contributed by atoms with van der Waals surface area (Å²) in [5.74, 6) is 0.169. The van der Waals surface area contributed by atoms with Gasteiger partial charge in [-0.1, -0.05) is 41.9 Å². The first-order valence-corrected chi connectivity index (χ1v) is 8.87. The Morgan fingerprint density at radius 3 is 2.38 bits per heavy atom. The first-order valence-electron chi connectivity index (χ1n) is 8.87. The van der Waals surface area contributed by atoms with Gasteiger partial charge in [-0.2, -0.15) is 0 Å². The third kappa shape index (κ3) is 3.12. The zero-order chi connectivity index (χ0) is 16.6. The van der Waals surface area contributed by atoms with E-state index in [-0.39, 0.29) is 5.78 Å². The smallest absolute Gasteiger partial charge is 0.169 e. The molecule has 0 N–H and O–H groups in total. The second kappa shape index (κ2) is 6.12. The molecule has 2 aromatic carbocycles. The molecule has 1 aliphatic carbocycles. The van der Waals surface area contributed by atoms with Crippen molar-refractivity contribution in [1.82, 2.24) is 0 Å². The highest BCUT2D eigenvalue weighted by molar-refractivity contribution is 6.33. The van der Waals surface area contributed by atoms with Crippen LogP contribution < -0.4 is 10.4 Å². The van der Waals surface area contributed by atoms with E-state index in [1.54, 1.807) is 0 Å². The van der Waals surface area contributed by atoms with Crippen LogP contribution in [0.3, 0.4) is 0 Å². The minimum atomic E-state index is 0.169. The minimum absolute atomic E-state index is 0.169. The maximum Gasteiger partial charge on any atom is 0.169 e. The van der Waals surface area contributed by atoms with E-state index in [0.717, 1.165) is 35.4 Å². The van der Waals surface area contributed by atoms with E-state index in [0.29, 0.717) is 11.8 Å². The molecule has 2 nitrogen and oxygen atoms in total. The number of hydrogen-bond acceptors (Lipinski definition) is 2. The fraction of sp³-hybridized carbons (Fsp3) is 0.381. The number of carbonyl (C=O) groups is 1. The zero-order valence-corrected chi connectivity index (χ0v) is 14.0. The van der Waals surface area contributed by atoms with Gasteiger partial charge in [0.1, 0.15) is 7.85 Å². The fourth-order valence-corrected chi connectivity index (χ4v) is 3.82. The third-order valence-corrected chi connectivity index (χ3v) is 5.65. The average molecular weight is 315 g/mol. The molecule has 2 radical (unpaired) electrons. The van der Waals surface area contributed by atoms with Gasteiger partial charge in [0.2, 0.25) is 0 Å². The lowest BCUT2D eigenvalue weighted by molar-refractivity contribution is 0.0993. The van der Waals surface area contributed by atoms with Gasteiger partial charge in [-0.05, 0) is 48.8 Å². The molecule has 3 heteroatoms. The summed E-state index contributed by atoms with van der Waals surface area (Å²) in [7, 11) is 6.01. The number of benzene rings is 2. The summed E-state index contributed by atoms with van der Waals surface area (Å²) >= 11 is 0. The van der Waals surface area contributed by atoms with Gasteiger partial charge in [0.15, 0.2) is 5.78 Å². The van der Waals surface area contributed by atoms with E-state index in [9.17, 15) is 4.79 Å². The largest absolute Gasteiger partial charge is 0.371 e. The highest BCUT2D eigenvalue weighted by atomic mass is 16.1. The molecule has 0 amide bonds. The first kappa shape index (κ1) is 15.5. The molecule has 1 saturated carbocycles. The summed E-state index contributed by atoms with van der Waals surface area (Å²) in [4.78, 5) is 15.2. The molecule has 0 atom stereocenters. The minimum Gasteiger partial charge on any atom is -0.371 e. The highest BCUT2D eigenvalue weighted by Gasteiger charge is 2.44. The van der Waals surface area contributed by atoms with Crippen LogP contribution in [0.4, 0.5) is 5.69 Å². The summed E-state index contributed by atoms with van der Waals surface area (Å²) < 4.78 is 0. The summed E-state index contributed by atoms with van der Waals surface area (Å²) in [5.41, 5.74) is 4.24. The number of nitrogens with zero attached hydrogens (tertiary/aromatic N) is 1. The molecule has 24 heavy (non-hydrogen) atoms. The van der Waals surface area contributed by atoms with Gasteiger partial charge in [-0.25, -0.2) is 0 Å². The summed E-state index contributed by atoms with van der Waals surface area (Å²) in [6.07, 6.45) is 5.70. The van der Waals surface area contributed by atoms with Crippen LogP contribution in [0.2, 0.25) is 0 Å². The van der Waals surface area contributed by atoms with Gasteiger partial charge in [-0.15, -0.1) is 0 Å². The molecule has 0 aromatic heterocycles. The number of piperidine rings is 1. The van der Waals surface area contributed by atoms with E-state index < -0.39 is 0 Å². The van der Waals surface area contributed by atoms with Gasteiger partial charge >= 0.3 is 0 Å². The van der Waals surface area contributed by atoms with Gasteiger partial charge < -0.3 is 4.90 Å². The molecule has 2 aliphatic rings. The topological polar surface area (TPSA) is 20.3 Å². The lowest BCUT2D eigenvalue weighted by Gasteiger charge is -2.35. The van der Waals surface area contributed by atoms with Crippen LogP contribution in [0.25, 0.3) is 0 Å². The Labute approximate surface area is 145 Å². The molecular weight excluding hydrogens is 293 g/mol. The lowest BCUT2D eigenvalue weighted by Crippen LogP contribution is -2.36. The van der Waals surface area contributed by atoms with Crippen molar-refractivity contribution in [2.24, 2.45) is 5.41 Å². The molecular formula is C21H22BNO. The maximum absolute atomic E-state index is 12.9. The van der Waals surface area contributed by atoms with Gasteiger partial charge in [0.05, 0.1) is 0 Å². The molecule has 1 saturated heterocycles. The first-order chi connectivity index (χ1) is 11.7. The fourth-order valence-electron chi connectivity index (χ4n) is 3.82. The van der Waals surface area contributed by atoms with Crippen LogP contribution in [0.1, 0.15) is 41.6 Å². The molecule has 2 fully saturated rings. The van der Waals surface area contributed by atoms with Crippen molar-refractivity contribution in [2.45, 2.75) is 32.1 Å². The van der Waals surface area contributed by atoms with E-state index in [4.69, 9.17) is 7.85 Å². The third-order valence-electron chi connectivity index (χ3n) is 5.65. The zero-order valence-electron chi connectivity index (χ0n) is 14.0. The Bertz CT molecular complexity index is 742. The van der Waals surface area contributed by atoms with Crippen LogP contribution in [-0.2, 0) is 6.42 Å². The van der Waals surface area contributed by atoms with Crippen LogP contribution in [-0.4, -0.2) is 26.7 Å². The molecule has 0 unspecified atom stereocenters. The predicted molar refractivity (Wildman–Crippen MR) is 99.4 cm³/mol. The number of rotatable bonds is 4. The number of hydrogen-bond donors (Lipinski definition) is 0. The van der Waals surface area contributed by atoms with Crippen molar-refractivity contribution in [3.8, 4) is 0 Å². The quantitative estimate of drug-likeness (QED) is 0.637. The van der Waals surface area contributed by atoms with Crippen molar-refractivity contribution >= 4 is 24.8 Å². The number of ketones is 1. The van der Waals surface area contributed by atoms with Gasteiger partial charge in [0, 0.05) is 30.8 Å². The van der Waals surface area contributed by atoms with E-state index >= 15 is 0 Å². The molecule has 0 bridgehead atoms. The van der Waals surface area contributed by atoms with Gasteiger partial charge in [0.25, 0.3) is 0 Å². The standard InChI is InChI=1S/C21H22BNO/c22-17-6-7-18(20(24)14-16-4-2-1-3-5-16)19(15-17)23-12-10-21(8-9-21)11-13-23/h1-7,15H,8-14H2. The second-order valence-corrected chi connectivity index (χ2v) is 7.35. The Balaban J connectivity index is 1.57. The highest BCUT2D eigenvalue weighted by Crippen LogP contribution is 2.54. The summed E-state index contributed by atoms with van der Waals surface area (Å²) in [5, 5.41) is 0. The monoisotopic (exact) mass is 315 g/mol. The average Bonchev–Trinajstić information content (AvgIpc) is 3.35. The van der Waals surface area contributed by atoms with E-state index in [1.165, 1.54) is 25.7 Å². The van der Waals surface area contributed by atoms with Crippen molar-refractivity contribution in [1.29, 1.82) is 0 Å². The number of Topliss-reactive ketones (excluding diaryl/α,β-unsaturated/α-hetero) is 1. The lowest BCUT2D eigenvalue weighted by atomic mass is 9.89. The van der Waals surface area contributed by atoms with Crippen LogP contribution in [0.5, 0.6) is 0 Å². The van der Waals surface area contributed by atoms with Crippen LogP contribution in [0, 0.1) is 5.41 Å². The van der Waals surface area contributed by atoms with Crippen molar-refractivity contribution in [2.75, 3.05) is 18.0 Å². The SMILES string of the molecule is [B]c1ccc(C(=O)Cc2ccccc2)c(N2CCC3(CC2)CC3)c1. The molecule has 1 heterocycles. The predicted octanol–water partition coefficient (Wildman–Crippen LogP) is 3.29. The molecule has 1 aliphatic heterocycles. The van der Waals surface area contributed by atoms with Crippen molar-refractivity contribution < 1.29 is 4.79 Å². The summed E-state index contributed by atoms with van der Waals surface area (Å²) in [6, 6.07) is 15.7. The van der Waals surface area contributed by atoms with Crippen molar-refractivity contribution in [3.05, 3.63) is 59.7 Å². The molecule has 4 rings (SSSR count). The normalized spacial score (nSPS) is 18.6. The van der Waals surface area contributed by atoms with E-state index in [1.807, 2.05) is 48.5 Å². The molecule has 1 spiro atoms. The Kier molecular flexibility index (Phi) is 3.95. The Morgan fingerprint density at radius 1 is 1.00 bits per heavy atom. The number of anilines is 1. The summed E-state index contributed by atoms with van der Waals surface area (Å²) in [6.45, 7) is 2.07. The number of carbonyl (C=O) groups excluding carboxylic acids is 1. The van der Waals surface area contributed by atoms with Crippen molar-refractivity contribution in [3.63, 3.8) is 0 Å².